The van der Waals surface area contributed by atoms with E-state index in [1.165, 1.54) is 0 Å². The summed E-state index contributed by atoms with van der Waals surface area (Å²) in [6.45, 7) is 1.95. The zero-order valence-electron chi connectivity index (χ0n) is 10.3. The van der Waals surface area contributed by atoms with Gasteiger partial charge in [0, 0.05) is 11.1 Å². The molecule has 0 fully saturated rings. The number of nitriles is 1. The fourth-order valence-corrected chi connectivity index (χ4v) is 1.85. The molecule has 0 radical (unpaired) electrons. The molecular weight excluding hydrogens is 226 g/mol. The summed E-state index contributed by atoms with van der Waals surface area (Å²) >= 11 is 0. The van der Waals surface area contributed by atoms with Crippen molar-refractivity contribution < 1.29 is 9.84 Å². The zero-order chi connectivity index (χ0) is 13.1. The van der Waals surface area contributed by atoms with Gasteiger partial charge in [-0.25, -0.2) is 0 Å². The fraction of sp³-hybridized carbons (Fsp3) is 0.133. The summed E-state index contributed by atoms with van der Waals surface area (Å²) < 4.78 is 5.27. The second kappa shape index (κ2) is 4.80. The maximum absolute atomic E-state index is 9.93. The summed E-state index contributed by atoms with van der Waals surface area (Å²) in [4.78, 5) is 0. The Kier molecular flexibility index (Phi) is 3.20. The van der Waals surface area contributed by atoms with Crippen molar-refractivity contribution in [1.29, 1.82) is 5.26 Å². The molecule has 18 heavy (non-hydrogen) atoms. The summed E-state index contributed by atoms with van der Waals surface area (Å²) in [6.07, 6.45) is 0. The molecule has 0 heterocycles. The lowest BCUT2D eigenvalue weighted by molar-refractivity contribution is 0.415. The second-order valence-corrected chi connectivity index (χ2v) is 4.05. The molecule has 3 heteroatoms. The number of methoxy groups -OCH3 is 1. The van der Waals surface area contributed by atoms with Gasteiger partial charge in [-0.2, -0.15) is 5.26 Å². The minimum atomic E-state index is 0.175. The molecule has 2 aromatic rings. The lowest BCUT2D eigenvalue weighted by Crippen LogP contribution is -1.90. The van der Waals surface area contributed by atoms with E-state index in [1.54, 1.807) is 31.4 Å². The third kappa shape index (κ3) is 2.14. The number of aryl methyl sites for hydroxylation is 1. The minimum absolute atomic E-state index is 0.175. The topological polar surface area (TPSA) is 53.2 Å². The molecule has 0 bridgehead atoms. The van der Waals surface area contributed by atoms with Gasteiger partial charge in [-0.15, -0.1) is 0 Å². The van der Waals surface area contributed by atoms with E-state index < -0.39 is 0 Å². The van der Waals surface area contributed by atoms with Gasteiger partial charge in [0.2, 0.25) is 0 Å². The van der Waals surface area contributed by atoms with Gasteiger partial charge in [0.05, 0.1) is 18.7 Å². The van der Waals surface area contributed by atoms with E-state index >= 15 is 0 Å². The smallest absolute Gasteiger partial charge is 0.126 e. The summed E-state index contributed by atoms with van der Waals surface area (Å²) in [6, 6.07) is 12.6. The number of phenolic OH excluding ortho intramolecular Hbond substituents is 1. The number of hydrogen-bond donors (Lipinski definition) is 1. The molecule has 0 aliphatic rings. The standard InChI is InChI=1S/C15H13NO2/c1-10-3-5-14(17)12(7-10)13-8-11(9-16)4-6-15(13)18-2/h3-8,17H,1-2H3. The number of nitrogens with zero attached hydrogens (tertiary/aromatic N) is 1. The molecule has 0 saturated heterocycles. The van der Waals surface area contributed by atoms with E-state index in [0.29, 0.717) is 16.9 Å². The summed E-state index contributed by atoms with van der Waals surface area (Å²) in [5.74, 6) is 0.809. The highest BCUT2D eigenvalue weighted by molar-refractivity contribution is 5.77. The van der Waals surface area contributed by atoms with Gasteiger partial charge >= 0.3 is 0 Å². The molecule has 0 aliphatic carbocycles. The van der Waals surface area contributed by atoms with Crippen molar-refractivity contribution in [2.75, 3.05) is 7.11 Å². The molecule has 0 atom stereocenters. The van der Waals surface area contributed by atoms with E-state index in [9.17, 15) is 5.11 Å². The van der Waals surface area contributed by atoms with Crippen molar-refractivity contribution in [2.45, 2.75) is 6.92 Å². The van der Waals surface area contributed by atoms with Crippen LogP contribution in [0.25, 0.3) is 11.1 Å². The minimum Gasteiger partial charge on any atom is -0.507 e. The first-order valence-corrected chi connectivity index (χ1v) is 5.54. The molecular formula is C15H13NO2. The molecule has 0 aromatic heterocycles. The normalized spacial score (nSPS) is 9.83. The maximum Gasteiger partial charge on any atom is 0.126 e. The van der Waals surface area contributed by atoms with Crippen molar-refractivity contribution in [1.82, 2.24) is 0 Å². The van der Waals surface area contributed by atoms with Crippen LogP contribution in [0.4, 0.5) is 0 Å². The number of rotatable bonds is 2. The Balaban J connectivity index is 2.69. The Morgan fingerprint density at radius 2 is 1.89 bits per heavy atom. The van der Waals surface area contributed by atoms with Crippen LogP contribution in [-0.4, -0.2) is 12.2 Å². The molecule has 90 valence electrons. The molecule has 1 N–H and O–H groups in total. The SMILES string of the molecule is COc1ccc(C#N)cc1-c1cc(C)ccc1O. The van der Waals surface area contributed by atoms with E-state index in [0.717, 1.165) is 11.1 Å². The van der Waals surface area contributed by atoms with Crippen LogP contribution in [0, 0.1) is 18.3 Å². The highest BCUT2D eigenvalue weighted by Gasteiger charge is 2.11. The van der Waals surface area contributed by atoms with Crippen molar-refractivity contribution in [2.24, 2.45) is 0 Å². The highest BCUT2D eigenvalue weighted by atomic mass is 16.5. The van der Waals surface area contributed by atoms with Crippen LogP contribution in [0.15, 0.2) is 36.4 Å². The van der Waals surface area contributed by atoms with Gasteiger partial charge in [-0.05, 0) is 37.3 Å². The molecule has 2 rings (SSSR count). The van der Waals surface area contributed by atoms with Crippen LogP contribution in [-0.2, 0) is 0 Å². The number of phenols is 1. The van der Waals surface area contributed by atoms with Gasteiger partial charge in [0.25, 0.3) is 0 Å². The summed E-state index contributed by atoms with van der Waals surface area (Å²) in [5.41, 5.74) is 2.96. The van der Waals surface area contributed by atoms with Gasteiger partial charge < -0.3 is 9.84 Å². The lowest BCUT2D eigenvalue weighted by Gasteiger charge is -2.11. The van der Waals surface area contributed by atoms with Crippen molar-refractivity contribution >= 4 is 0 Å². The van der Waals surface area contributed by atoms with Crippen molar-refractivity contribution in [3.05, 3.63) is 47.5 Å². The summed E-state index contributed by atoms with van der Waals surface area (Å²) in [5, 5.41) is 18.9. The quantitative estimate of drug-likeness (QED) is 0.875. The van der Waals surface area contributed by atoms with E-state index in [4.69, 9.17) is 10.00 Å². The monoisotopic (exact) mass is 239 g/mol. The van der Waals surface area contributed by atoms with Crippen LogP contribution in [0.2, 0.25) is 0 Å². The van der Waals surface area contributed by atoms with Gasteiger partial charge in [-0.3, -0.25) is 0 Å². The number of benzene rings is 2. The average molecular weight is 239 g/mol. The predicted octanol–water partition coefficient (Wildman–Crippen LogP) is 3.25. The van der Waals surface area contributed by atoms with Gasteiger partial charge in [0.1, 0.15) is 11.5 Å². The van der Waals surface area contributed by atoms with Crippen LogP contribution in [0.3, 0.4) is 0 Å². The maximum atomic E-state index is 9.93. The zero-order valence-corrected chi connectivity index (χ0v) is 10.3. The average Bonchev–Trinajstić information content (AvgIpc) is 2.40. The van der Waals surface area contributed by atoms with Crippen molar-refractivity contribution in [3.63, 3.8) is 0 Å². The van der Waals surface area contributed by atoms with Gasteiger partial charge in [-0.1, -0.05) is 11.6 Å². The molecule has 2 aromatic carbocycles. The van der Waals surface area contributed by atoms with Gasteiger partial charge in [0.15, 0.2) is 0 Å². The Morgan fingerprint density at radius 3 is 2.56 bits per heavy atom. The second-order valence-electron chi connectivity index (χ2n) is 4.05. The lowest BCUT2D eigenvalue weighted by atomic mass is 9.99. The Labute approximate surface area is 106 Å². The molecule has 3 nitrogen and oxygen atoms in total. The highest BCUT2D eigenvalue weighted by Crippen LogP contribution is 2.36. The first kappa shape index (κ1) is 12.0. The largest absolute Gasteiger partial charge is 0.507 e. The number of hydrogen-bond acceptors (Lipinski definition) is 3. The third-order valence-corrected chi connectivity index (χ3v) is 2.77. The predicted molar refractivity (Wildman–Crippen MR) is 69.5 cm³/mol. The molecule has 0 spiro atoms. The van der Waals surface area contributed by atoms with Crippen molar-refractivity contribution in [3.8, 4) is 28.7 Å². The summed E-state index contributed by atoms with van der Waals surface area (Å²) in [7, 11) is 1.57. The molecule has 0 aliphatic heterocycles. The van der Waals surface area contributed by atoms with Crippen LogP contribution >= 0.6 is 0 Å². The van der Waals surface area contributed by atoms with Crippen LogP contribution in [0.5, 0.6) is 11.5 Å². The number of ether oxygens (including phenoxy) is 1. The molecule has 0 saturated carbocycles. The Bertz CT molecular complexity index is 627. The fourth-order valence-electron chi connectivity index (χ4n) is 1.85. The number of aromatic hydroxyl groups is 1. The molecule has 0 unspecified atom stereocenters. The first-order chi connectivity index (χ1) is 8.65. The van der Waals surface area contributed by atoms with E-state index in [1.807, 2.05) is 19.1 Å². The van der Waals surface area contributed by atoms with Crippen LogP contribution < -0.4 is 4.74 Å². The van der Waals surface area contributed by atoms with E-state index in [-0.39, 0.29) is 5.75 Å². The van der Waals surface area contributed by atoms with Crippen LogP contribution in [0.1, 0.15) is 11.1 Å². The Morgan fingerprint density at radius 1 is 1.11 bits per heavy atom. The third-order valence-electron chi connectivity index (χ3n) is 2.77. The molecule has 0 amide bonds. The Hall–Kier alpha value is -2.47. The van der Waals surface area contributed by atoms with E-state index in [2.05, 4.69) is 6.07 Å². The first-order valence-electron chi connectivity index (χ1n) is 5.54.